The van der Waals surface area contributed by atoms with E-state index in [-0.39, 0.29) is 0 Å². The van der Waals surface area contributed by atoms with Crippen LogP contribution in [-0.4, -0.2) is 10.2 Å². The molecule has 0 aliphatic carbocycles. The van der Waals surface area contributed by atoms with Gasteiger partial charge in [0.2, 0.25) is 0 Å². The first-order valence-corrected chi connectivity index (χ1v) is 6.41. The number of nitrogens with two attached hydrogens (primary N) is 1. The Morgan fingerprint density at radius 3 is 2.71 bits per heavy atom. The Balaban J connectivity index is 2.65. The second-order valence-electron chi connectivity index (χ2n) is 4.46. The van der Waals surface area contributed by atoms with Crippen LogP contribution in [-0.2, 0) is 0 Å². The highest BCUT2D eigenvalue weighted by Gasteiger charge is 2.17. The number of nitrogens with one attached hydrogen (secondary N) is 1. The van der Waals surface area contributed by atoms with Crippen LogP contribution in [0.5, 0.6) is 0 Å². The van der Waals surface area contributed by atoms with Crippen molar-refractivity contribution in [1.82, 2.24) is 10.2 Å². The van der Waals surface area contributed by atoms with Crippen LogP contribution in [0.2, 0.25) is 0 Å². The minimum Gasteiger partial charge on any atom is -0.382 e. The number of hydrogen-bond donors (Lipinski definition) is 2. The van der Waals surface area contributed by atoms with E-state index in [9.17, 15) is 0 Å². The quantitative estimate of drug-likeness (QED) is 0.883. The summed E-state index contributed by atoms with van der Waals surface area (Å²) in [4.78, 5) is 0. The molecule has 0 aliphatic heterocycles. The van der Waals surface area contributed by atoms with E-state index in [1.807, 2.05) is 12.1 Å². The molecule has 3 nitrogen and oxygen atoms in total. The zero-order chi connectivity index (χ0) is 12.6. The van der Waals surface area contributed by atoms with Gasteiger partial charge in [0.05, 0.1) is 5.69 Å². The highest BCUT2D eigenvalue weighted by Crippen LogP contribution is 2.34. The zero-order valence-corrected chi connectivity index (χ0v) is 11.8. The molecule has 1 heterocycles. The predicted octanol–water partition coefficient (Wildman–Crippen LogP) is 3.85. The molecule has 0 bridgehead atoms. The molecule has 0 unspecified atom stereocenters. The first-order valence-electron chi connectivity index (χ1n) is 5.61. The summed E-state index contributed by atoms with van der Waals surface area (Å²) in [7, 11) is 0. The van der Waals surface area contributed by atoms with E-state index in [0.717, 1.165) is 21.3 Å². The Labute approximate surface area is 110 Å². The Kier molecular flexibility index (Phi) is 3.24. The predicted molar refractivity (Wildman–Crippen MR) is 75.0 cm³/mol. The van der Waals surface area contributed by atoms with Crippen LogP contribution in [0.15, 0.2) is 22.7 Å². The number of nitrogens with zero attached hydrogens (tertiary/aromatic N) is 1. The second-order valence-corrected chi connectivity index (χ2v) is 5.32. The summed E-state index contributed by atoms with van der Waals surface area (Å²) < 4.78 is 1.10. The summed E-state index contributed by atoms with van der Waals surface area (Å²) in [6, 6.07) is 6.14. The summed E-state index contributed by atoms with van der Waals surface area (Å²) in [6.07, 6.45) is 0. The van der Waals surface area contributed by atoms with Gasteiger partial charge in [-0.1, -0.05) is 41.9 Å². The normalized spacial score (nSPS) is 11.1. The molecular weight excluding hydrogens is 278 g/mol. The van der Waals surface area contributed by atoms with Crippen LogP contribution in [0.1, 0.15) is 30.9 Å². The molecular formula is C13H16BrN3. The van der Waals surface area contributed by atoms with E-state index in [0.29, 0.717) is 11.7 Å². The molecule has 0 amide bonds. The van der Waals surface area contributed by atoms with Crippen LogP contribution >= 0.6 is 15.9 Å². The molecule has 90 valence electrons. The summed E-state index contributed by atoms with van der Waals surface area (Å²) in [6.45, 7) is 6.33. The monoisotopic (exact) mass is 293 g/mol. The average Bonchev–Trinajstić information content (AvgIpc) is 2.64. The van der Waals surface area contributed by atoms with Gasteiger partial charge in [0, 0.05) is 15.6 Å². The Morgan fingerprint density at radius 1 is 1.35 bits per heavy atom. The van der Waals surface area contributed by atoms with Gasteiger partial charge in [0.15, 0.2) is 0 Å². The van der Waals surface area contributed by atoms with Crippen LogP contribution < -0.4 is 5.73 Å². The molecule has 2 rings (SSSR count). The van der Waals surface area contributed by atoms with Gasteiger partial charge in [-0.05, 0) is 24.5 Å². The maximum absolute atomic E-state index is 5.91. The minimum absolute atomic E-state index is 0.349. The number of rotatable bonds is 2. The van der Waals surface area contributed by atoms with Crippen LogP contribution in [0.25, 0.3) is 11.3 Å². The summed E-state index contributed by atoms with van der Waals surface area (Å²) >= 11 is 3.55. The molecule has 4 heteroatoms. The van der Waals surface area contributed by atoms with Crippen LogP contribution in [0.4, 0.5) is 5.82 Å². The van der Waals surface area contributed by atoms with Crippen molar-refractivity contribution in [1.29, 1.82) is 0 Å². The first-order chi connectivity index (χ1) is 8.02. The molecule has 1 aromatic carbocycles. The van der Waals surface area contributed by atoms with Crippen LogP contribution in [0.3, 0.4) is 0 Å². The summed E-state index contributed by atoms with van der Waals surface area (Å²) in [5.74, 6) is 0.941. The molecule has 0 fully saturated rings. The van der Waals surface area contributed by atoms with Gasteiger partial charge in [-0.25, -0.2) is 0 Å². The Morgan fingerprint density at radius 2 is 2.06 bits per heavy atom. The lowest BCUT2D eigenvalue weighted by Gasteiger charge is -2.10. The van der Waals surface area contributed by atoms with E-state index in [1.165, 1.54) is 5.56 Å². The van der Waals surface area contributed by atoms with E-state index >= 15 is 0 Å². The SMILES string of the molecule is Cc1c(Br)cccc1-c1[nH]nc(N)c1C(C)C. The highest BCUT2D eigenvalue weighted by molar-refractivity contribution is 9.10. The molecule has 0 atom stereocenters. The zero-order valence-electron chi connectivity index (χ0n) is 10.2. The number of H-pyrrole nitrogens is 1. The molecule has 0 saturated carbocycles. The van der Waals surface area contributed by atoms with Crippen molar-refractivity contribution >= 4 is 21.7 Å². The molecule has 0 saturated heterocycles. The van der Waals surface area contributed by atoms with Gasteiger partial charge in [0.1, 0.15) is 5.82 Å². The maximum atomic E-state index is 5.91. The van der Waals surface area contributed by atoms with Crippen molar-refractivity contribution in [3.8, 4) is 11.3 Å². The number of nitrogen functional groups attached to an aromatic ring is 1. The van der Waals surface area contributed by atoms with Crippen molar-refractivity contribution < 1.29 is 0 Å². The van der Waals surface area contributed by atoms with Gasteiger partial charge in [-0.3, -0.25) is 5.10 Å². The molecule has 17 heavy (non-hydrogen) atoms. The molecule has 0 radical (unpaired) electrons. The standard InChI is InChI=1S/C13H16BrN3/c1-7(2)11-12(16-17-13(11)15)9-5-4-6-10(14)8(9)3/h4-7H,1-3H3,(H3,15,16,17). The van der Waals surface area contributed by atoms with Gasteiger partial charge >= 0.3 is 0 Å². The molecule has 2 aromatic rings. The average molecular weight is 294 g/mol. The Hall–Kier alpha value is -1.29. The fourth-order valence-electron chi connectivity index (χ4n) is 2.03. The number of aromatic amines is 1. The smallest absolute Gasteiger partial charge is 0.149 e. The topological polar surface area (TPSA) is 54.7 Å². The van der Waals surface area contributed by atoms with Crippen molar-refractivity contribution in [2.45, 2.75) is 26.7 Å². The largest absolute Gasteiger partial charge is 0.382 e. The van der Waals surface area contributed by atoms with Gasteiger partial charge in [-0.2, -0.15) is 5.10 Å². The Bertz CT molecular complexity index is 544. The first kappa shape index (κ1) is 12.2. The van der Waals surface area contributed by atoms with Crippen molar-refractivity contribution in [2.75, 3.05) is 5.73 Å². The van der Waals surface area contributed by atoms with Crippen molar-refractivity contribution in [2.24, 2.45) is 0 Å². The third kappa shape index (κ3) is 2.09. The van der Waals surface area contributed by atoms with Gasteiger partial charge in [0.25, 0.3) is 0 Å². The molecule has 0 aliphatic rings. The van der Waals surface area contributed by atoms with E-state index in [4.69, 9.17) is 5.73 Å². The third-order valence-electron chi connectivity index (χ3n) is 2.95. The fraction of sp³-hybridized carbons (Fsp3) is 0.308. The fourth-order valence-corrected chi connectivity index (χ4v) is 2.40. The van der Waals surface area contributed by atoms with Crippen LogP contribution in [0, 0.1) is 6.92 Å². The third-order valence-corrected chi connectivity index (χ3v) is 3.81. The lowest BCUT2D eigenvalue weighted by atomic mass is 9.96. The number of halogens is 1. The number of hydrogen-bond acceptors (Lipinski definition) is 2. The number of anilines is 1. The minimum atomic E-state index is 0.349. The van der Waals surface area contributed by atoms with E-state index < -0.39 is 0 Å². The molecule has 0 spiro atoms. The van der Waals surface area contributed by atoms with Gasteiger partial charge < -0.3 is 5.73 Å². The lowest BCUT2D eigenvalue weighted by molar-refractivity contribution is 0.873. The lowest BCUT2D eigenvalue weighted by Crippen LogP contribution is -1.96. The molecule has 3 N–H and O–H groups in total. The van der Waals surface area contributed by atoms with Crippen molar-refractivity contribution in [3.63, 3.8) is 0 Å². The molecule has 1 aromatic heterocycles. The maximum Gasteiger partial charge on any atom is 0.149 e. The highest BCUT2D eigenvalue weighted by atomic mass is 79.9. The van der Waals surface area contributed by atoms with E-state index in [1.54, 1.807) is 0 Å². The van der Waals surface area contributed by atoms with Gasteiger partial charge in [-0.15, -0.1) is 0 Å². The van der Waals surface area contributed by atoms with E-state index in [2.05, 4.69) is 53.0 Å². The summed E-state index contributed by atoms with van der Waals surface area (Å²) in [5.41, 5.74) is 10.4. The van der Waals surface area contributed by atoms with Crippen molar-refractivity contribution in [3.05, 3.63) is 33.8 Å². The second kappa shape index (κ2) is 4.53. The summed E-state index contributed by atoms with van der Waals surface area (Å²) in [5, 5.41) is 7.17. The number of benzene rings is 1. The number of aromatic nitrogens is 2.